The first-order valence-corrected chi connectivity index (χ1v) is 15.2. The predicted octanol–water partition coefficient (Wildman–Crippen LogP) is 5.36. The zero-order chi connectivity index (χ0) is 25.6. The number of aryl methyl sites for hydroxylation is 1. The summed E-state index contributed by atoms with van der Waals surface area (Å²) in [5.74, 6) is 1.67. The monoisotopic (exact) mass is 523 g/mol. The van der Waals surface area contributed by atoms with Crippen molar-refractivity contribution in [3.8, 4) is 11.5 Å². The number of thiophene rings is 1. The first-order valence-electron chi connectivity index (χ1n) is 14.4. The third kappa shape index (κ3) is 3.13. The molecule has 6 heteroatoms. The zero-order valence-electron chi connectivity index (χ0n) is 22.4. The van der Waals surface area contributed by atoms with Gasteiger partial charge in [0.2, 0.25) is 0 Å². The van der Waals surface area contributed by atoms with Crippen molar-refractivity contribution in [3.05, 3.63) is 45.6 Å². The summed E-state index contributed by atoms with van der Waals surface area (Å²) in [6.07, 6.45) is 8.77. The summed E-state index contributed by atoms with van der Waals surface area (Å²) in [7, 11) is 1.82. The second-order valence-corrected chi connectivity index (χ2v) is 13.9. The molecular weight excluding hydrogens is 482 g/mol. The molecule has 8 rings (SSSR count). The van der Waals surface area contributed by atoms with Crippen LogP contribution in [0.5, 0.6) is 11.5 Å². The Labute approximate surface area is 224 Å². The SMILES string of the molecule is CC[C@]12c3c4ccc(O)c3O[C@H]1[C@@]1(OC)CC[C@@]2(CC1[C@](C)(O)CCc1cccs1)[C@H](NCC1CC1)C4. The number of hydrogen-bond acceptors (Lipinski definition) is 6. The van der Waals surface area contributed by atoms with Crippen LogP contribution >= 0.6 is 11.3 Å². The lowest BCUT2D eigenvalue weighted by atomic mass is 9.35. The fourth-order valence-electron chi connectivity index (χ4n) is 9.48. The van der Waals surface area contributed by atoms with Gasteiger partial charge >= 0.3 is 0 Å². The van der Waals surface area contributed by atoms with Crippen LogP contribution in [0, 0.1) is 17.3 Å². The van der Waals surface area contributed by atoms with E-state index >= 15 is 0 Å². The largest absolute Gasteiger partial charge is 0.504 e. The van der Waals surface area contributed by atoms with E-state index in [0.29, 0.717) is 18.2 Å². The first-order chi connectivity index (χ1) is 17.8. The highest BCUT2D eigenvalue weighted by Crippen LogP contribution is 2.76. The molecule has 2 heterocycles. The van der Waals surface area contributed by atoms with E-state index in [-0.39, 0.29) is 28.6 Å². The first kappa shape index (κ1) is 24.4. The van der Waals surface area contributed by atoms with Gasteiger partial charge in [0.25, 0.3) is 0 Å². The third-order valence-corrected chi connectivity index (χ3v) is 12.3. The number of nitrogens with one attached hydrogen (secondary N) is 1. The smallest absolute Gasteiger partial charge is 0.165 e. The number of aromatic hydroxyl groups is 1. The summed E-state index contributed by atoms with van der Waals surface area (Å²) < 4.78 is 13.5. The average Bonchev–Trinajstić information content (AvgIpc) is 3.42. The summed E-state index contributed by atoms with van der Waals surface area (Å²) in [6, 6.07) is 8.54. The van der Waals surface area contributed by atoms with E-state index < -0.39 is 11.2 Å². The van der Waals surface area contributed by atoms with Gasteiger partial charge in [-0.25, -0.2) is 0 Å². The normalized spacial score (nSPS) is 38.8. The molecule has 37 heavy (non-hydrogen) atoms. The van der Waals surface area contributed by atoms with Crippen molar-refractivity contribution in [2.24, 2.45) is 17.3 Å². The Morgan fingerprint density at radius 2 is 2.08 bits per heavy atom. The molecule has 1 aliphatic heterocycles. The second-order valence-electron chi connectivity index (χ2n) is 12.9. The highest BCUT2D eigenvalue weighted by atomic mass is 32.1. The Morgan fingerprint density at radius 1 is 1.24 bits per heavy atom. The number of phenolic OH excluding ortho intramolecular Hbond substituents is 1. The van der Waals surface area contributed by atoms with Gasteiger partial charge in [0.05, 0.1) is 5.60 Å². The fourth-order valence-corrected chi connectivity index (χ4v) is 10.2. The van der Waals surface area contributed by atoms with Crippen LogP contribution in [0.2, 0.25) is 0 Å². The van der Waals surface area contributed by atoms with Gasteiger partial charge in [-0.2, -0.15) is 0 Å². The van der Waals surface area contributed by atoms with E-state index in [1.54, 1.807) is 11.3 Å². The maximum absolute atomic E-state index is 12.2. The van der Waals surface area contributed by atoms with Crippen molar-refractivity contribution in [1.82, 2.24) is 5.32 Å². The second kappa shape index (κ2) is 8.20. The zero-order valence-corrected chi connectivity index (χ0v) is 23.2. The van der Waals surface area contributed by atoms with Gasteiger partial charge in [0, 0.05) is 40.3 Å². The molecule has 2 aromatic rings. The molecule has 3 N–H and O–H groups in total. The molecule has 200 valence electrons. The Morgan fingerprint density at radius 3 is 2.78 bits per heavy atom. The molecule has 1 unspecified atom stereocenters. The van der Waals surface area contributed by atoms with Crippen LogP contribution in [0.1, 0.15) is 74.8 Å². The van der Waals surface area contributed by atoms with E-state index in [0.717, 1.165) is 51.0 Å². The molecule has 4 saturated carbocycles. The highest BCUT2D eigenvalue weighted by molar-refractivity contribution is 7.09. The number of phenols is 1. The Bertz CT molecular complexity index is 1190. The number of rotatable bonds is 9. The molecule has 2 bridgehead atoms. The Kier molecular flexibility index (Phi) is 5.42. The van der Waals surface area contributed by atoms with Crippen LogP contribution in [-0.2, 0) is 23.0 Å². The van der Waals surface area contributed by atoms with Crippen LogP contribution in [0.15, 0.2) is 29.6 Å². The van der Waals surface area contributed by atoms with Crippen LogP contribution in [0.4, 0.5) is 0 Å². The molecule has 0 amide bonds. The van der Waals surface area contributed by atoms with Crippen molar-refractivity contribution >= 4 is 11.3 Å². The number of methoxy groups -OCH3 is 1. The molecule has 1 aromatic heterocycles. The van der Waals surface area contributed by atoms with Gasteiger partial charge in [-0.1, -0.05) is 19.1 Å². The number of ether oxygens (including phenoxy) is 2. The van der Waals surface area contributed by atoms with E-state index in [1.807, 2.05) is 20.1 Å². The van der Waals surface area contributed by atoms with Gasteiger partial charge < -0.3 is 25.0 Å². The number of hydrogen-bond donors (Lipinski definition) is 3. The minimum absolute atomic E-state index is 0.0494. The van der Waals surface area contributed by atoms with E-state index in [4.69, 9.17) is 9.47 Å². The van der Waals surface area contributed by atoms with Crippen LogP contribution < -0.4 is 10.1 Å². The number of benzene rings is 1. The molecule has 5 nitrogen and oxygen atoms in total. The Balaban J connectivity index is 1.36. The molecule has 4 fully saturated rings. The lowest BCUT2D eigenvalue weighted by Crippen LogP contribution is -2.80. The fraction of sp³-hybridized carbons (Fsp3) is 0.677. The van der Waals surface area contributed by atoms with Crippen LogP contribution in [0.25, 0.3) is 0 Å². The van der Waals surface area contributed by atoms with Crippen molar-refractivity contribution in [3.63, 3.8) is 0 Å². The van der Waals surface area contributed by atoms with Gasteiger partial charge in [-0.3, -0.25) is 0 Å². The maximum atomic E-state index is 12.2. The van der Waals surface area contributed by atoms with Crippen molar-refractivity contribution < 1.29 is 19.7 Å². The van der Waals surface area contributed by atoms with Gasteiger partial charge in [0.1, 0.15) is 11.7 Å². The van der Waals surface area contributed by atoms with E-state index in [9.17, 15) is 10.2 Å². The number of fused-ring (bicyclic) bond motifs is 2. The molecular formula is C31H41NO4S. The van der Waals surface area contributed by atoms with Gasteiger partial charge in [0.15, 0.2) is 11.5 Å². The minimum atomic E-state index is -0.894. The van der Waals surface area contributed by atoms with Crippen LogP contribution in [-0.4, -0.2) is 47.2 Å². The molecule has 1 aromatic carbocycles. The summed E-state index contributed by atoms with van der Waals surface area (Å²) in [4.78, 5) is 1.31. The highest BCUT2D eigenvalue weighted by Gasteiger charge is 2.80. The van der Waals surface area contributed by atoms with Crippen molar-refractivity contribution in [2.45, 2.75) is 100 Å². The quantitative estimate of drug-likeness (QED) is 0.413. The molecule has 0 radical (unpaired) electrons. The van der Waals surface area contributed by atoms with E-state index in [1.165, 1.54) is 28.8 Å². The third-order valence-electron chi connectivity index (χ3n) is 11.4. The summed E-state index contributed by atoms with van der Waals surface area (Å²) in [5, 5.41) is 29.4. The van der Waals surface area contributed by atoms with Crippen molar-refractivity contribution in [2.75, 3.05) is 13.7 Å². The lowest BCUT2D eigenvalue weighted by Gasteiger charge is -2.72. The standard InChI is InChI=1S/C31H41NO4S/c1-4-30-25-20-9-10-22(33)26(25)36-27(30)31(35-3)14-13-29(30,24(16-20)32-18-19-7-8-19)17-23(31)28(2,34)12-11-21-6-5-15-37-21/h5-6,9-10,15,19,23-24,27,32-34H,4,7-8,11-14,16-18H2,1-3H3/t23?,24-,27-,28-,29-,30+,31-/m1/s1. The topological polar surface area (TPSA) is 71.0 Å². The minimum Gasteiger partial charge on any atom is -0.504 e. The van der Waals surface area contributed by atoms with E-state index in [2.05, 4.69) is 35.8 Å². The van der Waals surface area contributed by atoms with Crippen molar-refractivity contribution in [1.29, 1.82) is 0 Å². The Hall–Kier alpha value is -1.60. The number of aliphatic hydroxyl groups is 1. The van der Waals surface area contributed by atoms with Gasteiger partial charge in [-0.05, 0) is 100 Å². The molecule has 6 aliphatic rings. The lowest BCUT2D eigenvalue weighted by molar-refractivity contribution is -0.287. The summed E-state index contributed by atoms with van der Waals surface area (Å²) in [5.41, 5.74) is 0.778. The van der Waals surface area contributed by atoms with Gasteiger partial charge in [-0.15, -0.1) is 11.3 Å². The summed E-state index contributed by atoms with van der Waals surface area (Å²) in [6.45, 7) is 5.42. The van der Waals surface area contributed by atoms with Crippen LogP contribution in [0.3, 0.4) is 0 Å². The molecule has 5 aliphatic carbocycles. The predicted molar refractivity (Wildman–Crippen MR) is 145 cm³/mol. The molecule has 1 spiro atoms. The summed E-state index contributed by atoms with van der Waals surface area (Å²) >= 11 is 1.76. The maximum Gasteiger partial charge on any atom is 0.165 e. The molecule has 0 saturated heterocycles. The average molecular weight is 524 g/mol. The molecule has 7 atom stereocenters.